The first kappa shape index (κ1) is 13.2. The number of hydrogen-bond acceptors (Lipinski definition) is 5. The topological polar surface area (TPSA) is 64.6 Å². The van der Waals surface area contributed by atoms with Crippen LogP contribution in [0.1, 0.15) is 5.76 Å². The van der Waals surface area contributed by atoms with Crippen molar-refractivity contribution in [3.8, 4) is 0 Å². The standard InChI is InChI=1S/C15H7ClN2O3S/c16-8-3-4-11-10(6-8)13(19)18-14(20)12(22-15(18)17-11)7-9-2-1-5-21-9/h1-7H/b12-7-. The maximum absolute atomic E-state index is 12.5. The third kappa shape index (κ3) is 1.96. The molecule has 0 saturated heterocycles. The summed E-state index contributed by atoms with van der Waals surface area (Å²) in [7, 11) is 0. The number of fused-ring (bicyclic) bond motifs is 2. The fourth-order valence-corrected chi connectivity index (χ4v) is 3.35. The van der Waals surface area contributed by atoms with Gasteiger partial charge in [-0.05, 0) is 30.3 Å². The summed E-state index contributed by atoms with van der Waals surface area (Å²) in [6.07, 6.45) is 3.11. The predicted octanol–water partition coefficient (Wildman–Crippen LogP) is 2.06. The molecular weight excluding hydrogens is 324 g/mol. The molecular formula is C15H7ClN2O3S. The second kappa shape index (κ2) is 4.79. The first-order chi connectivity index (χ1) is 10.6. The molecule has 7 heteroatoms. The minimum Gasteiger partial charge on any atom is -0.465 e. The number of nitrogens with zero attached hydrogens (tertiary/aromatic N) is 2. The van der Waals surface area contributed by atoms with Gasteiger partial charge in [0.2, 0.25) is 4.96 Å². The van der Waals surface area contributed by atoms with E-state index in [0.29, 0.717) is 31.2 Å². The van der Waals surface area contributed by atoms with Gasteiger partial charge in [0.1, 0.15) is 10.3 Å². The Morgan fingerprint density at radius 1 is 1.23 bits per heavy atom. The van der Waals surface area contributed by atoms with Crippen molar-refractivity contribution in [1.29, 1.82) is 0 Å². The molecule has 0 bridgehead atoms. The van der Waals surface area contributed by atoms with Crippen molar-refractivity contribution in [1.82, 2.24) is 9.38 Å². The normalized spacial score (nSPS) is 12.5. The van der Waals surface area contributed by atoms with E-state index in [9.17, 15) is 9.59 Å². The highest BCUT2D eigenvalue weighted by Crippen LogP contribution is 2.15. The Hall–Kier alpha value is -2.44. The van der Waals surface area contributed by atoms with Crippen molar-refractivity contribution < 1.29 is 4.42 Å². The van der Waals surface area contributed by atoms with Crippen LogP contribution in [0.3, 0.4) is 0 Å². The highest BCUT2D eigenvalue weighted by atomic mass is 35.5. The van der Waals surface area contributed by atoms with Gasteiger partial charge in [-0.1, -0.05) is 22.9 Å². The lowest BCUT2D eigenvalue weighted by Crippen LogP contribution is -2.31. The average molecular weight is 331 g/mol. The Labute approximate surface area is 131 Å². The van der Waals surface area contributed by atoms with Gasteiger partial charge in [0.25, 0.3) is 11.1 Å². The summed E-state index contributed by atoms with van der Waals surface area (Å²) in [6, 6.07) is 8.31. The number of aromatic nitrogens is 2. The Morgan fingerprint density at radius 3 is 2.86 bits per heavy atom. The first-order valence-electron chi connectivity index (χ1n) is 6.33. The first-order valence-corrected chi connectivity index (χ1v) is 7.53. The van der Waals surface area contributed by atoms with Crippen LogP contribution in [-0.4, -0.2) is 9.38 Å². The molecule has 0 unspecified atom stereocenters. The van der Waals surface area contributed by atoms with Crippen LogP contribution in [0, 0.1) is 0 Å². The van der Waals surface area contributed by atoms with E-state index in [1.807, 2.05) is 0 Å². The number of hydrogen-bond donors (Lipinski definition) is 0. The lowest BCUT2D eigenvalue weighted by Gasteiger charge is -1.97. The van der Waals surface area contributed by atoms with E-state index in [1.165, 1.54) is 12.3 Å². The van der Waals surface area contributed by atoms with Crippen LogP contribution in [0.4, 0.5) is 0 Å². The number of rotatable bonds is 1. The highest BCUT2D eigenvalue weighted by molar-refractivity contribution is 7.15. The van der Waals surface area contributed by atoms with Crippen molar-refractivity contribution in [3.05, 3.63) is 72.6 Å². The van der Waals surface area contributed by atoms with E-state index in [4.69, 9.17) is 16.0 Å². The van der Waals surface area contributed by atoms with Crippen molar-refractivity contribution in [2.75, 3.05) is 0 Å². The molecule has 1 aromatic carbocycles. The summed E-state index contributed by atoms with van der Waals surface area (Å²) in [5, 5.41) is 0.751. The molecule has 0 radical (unpaired) electrons. The highest BCUT2D eigenvalue weighted by Gasteiger charge is 2.12. The lowest BCUT2D eigenvalue weighted by atomic mass is 10.2. The van der Waals surface area contributed by atoms with E-state index in [-0.39, 0.29) is 0 Å². The molecule has 108 valence electrons. The Bertz CT molecular complexity index is 1180. The SMILES string of the molecule is O=c1/c(=C/c2ccco2)sc2nc3ccc(Cl)cc3c(=O)n12. The van der Waals surface area contributed by atoms with Gasteiger partial charge in [0.05, 0.1) is 17.2 Å². The van der Waals surface area contributed by atoms with Crippen LogP contribution < -0.4 is 15.7 Å². The maximum atomic E-state index is 12.5. The van der Waals surface area contributed by atoms with Gasteiger partial charge >= 0.3 is 0 Å². The molecule has 22 heavy (non-hydrogen) atoms. The largest absolute Gasteiger partial charge is 0.465 e. The molecule has 0 fully saturated rings. The summed E-state index contributed by atoms with van der Waals surface area (Å²) in [5.74, 6) is 0.546. The van der Waals surface area contributed by atoms with Gasteiger partial charge in [-0.3, -0.25) is 9.59 Å². The molecule has 0 saturated carbocycles. The summed E-state index contributed by atoms with van der Waals surface area (Å²) < 4.78 is 6.66. The lowest BCUT2D eigenvalue weighted by molar-refractivity contribution is 0.556. The van der Waals surface area contributed by atoms with E-state index in [0.717, 1.165) is 15.7 Å². The fourth-order valence-electron chi connectivity index (χ4n) is 2.23. The number of halogens is 1. The van der Waals surface area contributed by atoms with Crippen LogP contribution >= 0.6 is 22.9 Å². The van der Waals surface area contributed by atoms with Gasteiger partial charge < -0.3 is 4.42 Å². The zero-order valence-electron chi connectivity index (χ0n) is 10.9. The molecule has 3 aromatic heterocycles. The molecule has 0 amide bonds. The van der Waals surface area contributed by atoms with E-state index >= 15 is 0 Å². The Morgan fingerprint density at radius 2 is 2.09 bits per heavy atom. The third-order valence-electron chi connectivity index (χ3n) is 3.23. The smallest absolute Gasteiger partial charge is 0.277 e. The molecule has 3 heterocycles. The average Bonchev–Trinajstić information content (AvgIpc) is 3.10. The van der Waals surface area contributed by atoms with Gasteiger partial charge in [0, 0.05) is 11.1 Å². The molecule has 0 N–H and O–H groups in total. The van der Waals surface area contributed by atoms with Crippen molar-refractivity contribution in [2.24, 2.45) is 0 Å². The van der Waals surface area contributed by atoms with E-state index < -0.39 is 11.1 Å². The molecule has 0 aliphatic rings. The summed E-state index contributed by atoms with van der Waals surface area (Å²) >= 11 is 7.06. The Balaban J connectivity index is 2.15. The van der Waals surface area contributed by atoms with Crippen molar-refractivity contribution >= 4 is 44.9 Å². The molecule has 0 aliphatic heterocycles. The monoisotopic (exact) mass is 330 g/mol. The summed E-state index contributed by atoms with van der Waals surface area (Å²) in [6.45, 7) is 0. The zero-order chi connectivity index (χ0) is 15.3. The van der Waals surface area contributed by atoms with Gasteiger partial charge in [-0.15, -0.1) is 0 Å². The fraction of sp³-hybridized carbons (Fsp3) is 0. The number of furan rings is 1. The molecule has 4 rings (SSSR count). The van der Waals surface area contributed by atoms with Crippen LogP contribution in [-0.2, 0) is 0 Å². The summed E-state index contributed by atoms with van der Waals surface area (Å²) in [5.41, 5.74) is -0.307. The minimum atomic E-state index is -0.414. The van der Waals surface area contributed by atoms with Gasteiger partial charge in [0.15, 0.2) is 0 Å². The predicted molar refractivity (Wildman–Crippen MR) is 85.6 cm³/mol. The number of thiazole rings is 1. The van der Waals surface area contributed by atoms with Gasteiger partial charge in [-0.25, -0.2) is 9.38 Å². The van der Waals surface area contributed by atoms with Crippen LogP contribution in [0.15, 0.2) is 50.6 Å². The van der Waals surface area contributed by atoms with Crippen LogP contribution in [0.5, 0.6) is 0 Å². The van der Waals surface area contributed by atoms with Crippen molar-refractivity contribution in [3.63, 3.8) is 0 Å². The molecule has 4 aromatic rings. The van der Waals surface area contributed by atoms with E-state index in [2.05, 4.69) is 4.98 Å². The molecule has 0 aliphatic carbocycles. The molecule has 0 spiro atoms. The van der Waals surface area contributed by atoms with Crippen LogP contribution in [0.25, 0.3) is 21.9 Å². The van der Waals surface area contributed by atoms with Crippen molar-refractivity contribution in [2.45, 2.75) is 0 Å². The second-order valence-electron chi connectivity index (χ2n) is 4.63. The Kier molecular flexibility index (Phi) is 2.88. The molecule has 5 nitrogen and oxygen atoms in total. The third-order valence-corrected chi connectivity index (χ3v) is 4.44. The molecule has 0 atom stereocenters. The maximum Gasteiger partial charge on any atom is 0.277 e. The van der Waals surface area contributed by atoms with E-state index in [1.54, 1.807) is 30.3 Å². The summed E-state index contributed by atoms with van der Waals surface area (Å²) in [4.78, 5) is 29.7. The minimum absolute atomic E-state index is 0.324. The zero-order valence-corrected chi connectivity index (χ0v) is 12.5. The second-order valence-corrected chi connectivity index (χ2v) is 6.07. The van der Waals surface area contributed by atoms with Crippen LogP contribution in [0.2, 0.25) is 5.02 Å². The number of benzene rings is 1. The van der Waals surface area contributed by atoms with Gasteiger partial charge in [-0.2, -0.15) is 0 Å². The quantitative estimate of drug-likeness (QED) is 0.536.